The van der Waals surface area contributed by atoms with Crippen molar-refractivity contribution in [2.45, 2.75) is 6.92 Å². The molecule has 12 heavy (non-hydrogen) atoms. The lowest BCUT2D eigenvalue weighted by molar-refractivity contribution is 0.283. The monoisotopic (exact) mass is 222 g/mol. The van der Waals surface area contributed by atoms with Gasteiger partial charge in [-0.3, -0.25) is 9.11 Å². The minimum absolute atomic E-state index is 0.0289. The maximum atomic E-state index is 9.56. The largest absolute Gasteiger partial charge is 0.397 e. The van der Waals surface area contributed by atoms with Crippen molar-refractivity contribution >= 4 is 20.5 Å². The fourth-order valence-corrected chi connectivity index (χ4v) is 0.447. The molecule has 2 N–H and O–H groups in total. The fourth-order valence-electron chi connectivity index (χ4n) is 0.149. The SMILES string of the molecule is CCOS(=O)(=O)O.CS(=O)(=O)O. The number of hydrogen-bond donors (Lipinski definition) is 2. The quantitative estimate of drug-likeness (QED) is 0.595. The van der Waals surface area contributed by atoms with Crippen LogP contribution in [0.1, 0.15) is 6.92 Å². The Hall–Kier alpha value is -0.220. The summed E-state index contributed by atoms with van der Waals surface area (Å²) in [6, 6.07) is 0. The van der Waals surface area contributed by atoms with Crippen molar-refractivity contribution < 1.29 is 30.1 Å². The van der Waals surface area contributed by atoms with Gasteiger partial charge in [0, 0.05) is 0 Å². The molecule has 0 aromatic rings. The maximum absolute atomic E-state index is 9.56. The van der Waals surface area contributed by atoms with Crippen LogP contribution >= 0.6 is 0 Å². The van der Waals surface area contributed by atoms with E-state index in [1.54, 1.807) is 0 Å². The van der Waals surface area contributed by atoms with Gasteiger partial charge in [-0.05, 0) is 6.92 Å². The van der Waals surface area contributed by atoms with Crippen LogP contribution in [-0.4, -0.2) is 38.8 Å². The summed E-state index contributed by atoms with van der Waals surface area (Å²) in [4.78, 5) is 0. The Morgan fingerprint density at radius 2 is 1.42 bits per heavy atom. The third kappa shape index (κ3) is 52.8. The Bertz CT molecular complexity index is 277. The lowest BCUT2D eigenvalue weighted by Crippen LogP contribution is -2.01. The second-order valence-corrected chi connectivity index (χ2v) is 4.12. The van der Waals surface area contributed by atoms with Gasteiger partial charge in [0.25, 0.3) is 10.1 Å². The molecule has 0 rings (SSSR count). The summed E-state index contributed by atoms with van der Waals surface area (Å²) in [6.45, 7) is 1.44. The summed E-state index contributed by atoms with van der Waals surface area (Å²) in [5.41, 5.74) is 0. The van der Waals surface area contributed by atoms with Crippen molar-refractivity contribution in [1.82, 2.24) is 0 Å². The van der Waals surface area contributed by atoms with Crippen LogP contribution < -0.4 is 0 Å². The van der Waals surface area contributed by atoms with Crippen LogP contribution in [0, 0.1) is 0 Å². The Morgan fingerprint density at radius 1 is 1.17 bits per heavy atom. The van der Waals surface area contributed by atoms with Gasteiger partial charge in [-0.25, -0.2) is 4.18 Å². The summed E-state index contributed by atoms with van der Waals surface area (Å²) in [7, 11) is -7.84. The van der Waals surface area contributed by atoms with Gasteiger partial charge >= 0.3 is 10.4 Å². The van der Waals surface area contributed by atoms with E-state index in [0.29, 0.717) is 6.26 Å². The standard InChI is InChI=1S/C2H6O4S.CH4O3S/c1-2-6-7(3,4)5;1-5(2,3)4/h2H2,1H3,(H,3,4,5);1H3,(H,2,3,4). The van der Waals surface area contributed by atoms with Gasteiger partial charge in [-0.1, -0.05) is 0 Å². The zero-order valence-electron chi connectivity index (χ0n) is 6.46. The Balaban J connectivity index is 0. The maximum Gasteiger partial charge on any atom is 0.397 e. The molecule has 0 aromatic carbocycles. The van der Waals surface area contributed by atoms with Gasteiger partial charge in [0.05, 0.1) is 12.9 Å². The number of hydrogen-bond acceptors (Lipinski definition) is 5. The van der Waals surface area contributed by atoms with E-state index in [1.807, 2.05) is 0 Å². The molecule has 0 amide bonds. The smallest absolute Gasteiger partial charge is 0.286 e. The van der Waals surface area contributed by atoms with Crippen molar-refractivity contribution in [2.75, 3.05) is 12.9 Å². The minimum Gasteiger partial charge on any atom is -0.286 e. The lowest BCUT2D eigenvalue weighted by Gasteiger charge is -1.88. The van der Waals surface area contributed by atoms with E-state index in [-0.39, 0.29) is 6.61 Å². The molecule has 0 heterocycles. The molecular formula is C3H10O7S2. The number of rotatable bonds is 2. The van der Waals surface area contributed by atoms with Crippen molar-refractivity contribution in [3.05, 3.63) is 0 Å². The highest BCUT2D eigenvalue weighted by atomic mass is 32.3. The highest BCUT2D eigenvalue weighted by Gasteiger charge is 1.98. The molecule has 0 unspecified atom stereocenters. The molecular weight excluding hydrogens is 212 g/mol. The van der Waals surface area contributed by atoms with Crippen LogP contribution in [0.3, 0.4) is 0 Å². The summed E-state index contributed by atoms with van der Waals surface area (Å²) in [5.74, 6) is 0. The van der Waals surface area contributed by atoms with Gasteiger partial charge in [0.1, 0.15) is 0 Å². The van der Waals surface area contributed by atoms with Crippen LogP contribution in [0.2, 0.25) is 0 Å². The van der Waals surface area contributed by atoms with Crippen LogP contribution in [0.25, 0.3) is 0 Å². The molecule has 0 atom stereocenters. The summed E-state index contributed by atoms with van der Waals surface area (Å²) < 4.78 is 56.5. The van der Waals surface area contributed by atoms with E-state index in [2.05, 4.69) is 4.18 Å². The van der Waals surface area contributed by atoms with Gasteiger partial charge in [-0.15, -0.1) is 0 Å². The van der Waals surface area contributed by atoms with Crippen molar-refractivity contribution in [3.63, 3.8) is 0 Å². The molecule has 0 aliphatic heterocycles. The third-order valence-corrected chi connectivity index (χ3v) is 0.800. The third-order valence-electron chi connectivity index (χ3n) is 0.267. The van der Waals surface area contributed by atoms with E-state index in [9.17, 15) is 16.8 Å². The second kappa shape index (κ2) is 5.43. The lowest BCUT2D eigenvalue weighted by atomic mass is 10.9. The molecule has 0 saturated carbocycles. The second-order valence-electron chi connectivity index (χ2n) is 1.57. The van der Waals surface area contributed by atoms with Crippen LogP contribution in [0.5, 0.6) is 0 Å². The summed E-state index contributed by atoms with van der Waals surface area (Å²) in [6.07, 6.45) is 0.715. The highest BCUT2D eigenvalue weighted by molar-refractivity contribution is 7.85. The fraction of sp³-hybridized carbons (Fsp3) is 1.00. The van der Waals surface area contributed by atoms with E-state index in [1.165, 1.54) is 6.92 Å². The molecule has 0 fully saturated rings. The molecule has 0 aromatic heterocycles. The Morgan fingerprint density at radius 3 is 1.42 bits per heavy atom. The first-order valence-corrected chi connectivity index (χ1v) is 5.82. The van der Waals surface area contributed by atoms with Crippen molar-refractivity contribution in [2.24, 2.45) is 0 Å². The first kappa shape index (κ1) is 14.3. The van der Waals surface area contributed by atoms with Crippen LogP contribution in [0.15, 0.2) is 0 Å². The predicted molar refractivity (Wildman–Crippen MR) is 40.6 cm³/mol. The Labute approximate surface area is 71.1 Å². The van der Waals surface area contributed by atoms with Gasteiger partial charge < -0.3 is 0 Å². The van der Waals surface area contributed by atoms with Gasteiger partial charge in [-0.2, -0.15) is 16.8 Å². The molecule has 7 nitrogen and oxygen atoms in total. The van der Waals surface area contributed by atoms with Gasteiger partial charge in [0.2, 0.25) is 0 Å². The van der Waals surface area contributed by atoms with E-state index >= 15 is 0 Å². The first-order valence-electron chi connectivity index (χ1n) is 2.60. The molecule has 0 bridgehead atoms. The summed E-state index contributed by atoms with van der Waals surface area (Å²) in [5, 5.41) is 0. The van der Waals surface area contributed by atoms with E-state index < -0.39 is 20.5 Å². The molecule has 0 radical (unpaired) electrons. The molecule has 76 valence electrons. The average Bonchev–Trinajstić information content (AvgIpc) is 1.54. The molecule has 0 saturated heterocycles. The molecule has 9 heteroatoms. The summed E-state index contributed by atoms with van der Waals surface area (Å²) >= 11 is 0. The van der Waals surface area contributed by atoms with E-state index in [0.717, 1.165) is 0 Å². The first-order chi connectivity index (χ1) is 5.06. The normalized spacial score (nSPS) is 11.7. The van der Waals surface area contributed by atoms with Crippen molar-refractivity contribution in [1.29, 1.82) is 0 Å². The average molecular weight is 222 g/mol. The topological polar surface area (TPSA) is 118 Å². The van der Waals surface area contributed by atoms with Crippen molar-refractivity contribution in [3.8, 4) is 0 Å². The molecule has 0 aliphatic rings. The zero-order valence-corrected chi connectivity index (χ0v) is 8.09. The highest BCUT2D eigenvalue weighted by Crippen LogP contribution is 1.81. The van der Waals surface area contributed by atoms with Gasteiger partial charge in [0.15, 0.2) is 0 Å². The minimum atomic E-state index is -4.17. The predicted octanol–water partition coefficient (Wildman–Crippen LogP) is -0.670. The van der Waals surface area contributed by atoms with Crippen LogP contribution in [0.4, 0.5) is 0 Å². The van der Waals surface area contributed by atoms with Crippen LogP contribution in [-0.2, 0) is 24.7 Å². The molecule has 0 spiro atoms. The zero-order chi connectivity index (χ0) is 10.4. The van der Waals surface area contributed by atoms with E-state index in [4.69, 9.17) is 9.11 Å². The Kier molecular flexibility index (Phi) is 6.48. The molecule has 0 aliphatic carbocycles.